The van der Waals surface area contributed by atoms with E-state index in [1.807, 2.05) is 97.1 Å². The minimum absolute atomic E-state index is 0.0344. The van der Waals surface area contributed by atoms with Crippen molar-refractivity contribution in [3.8, 4) is 0 Å². The second-order valence-electron chi connectivity index (χ2n) is 10.6. The number of rotatable bonds is 16. The molecular weight excluding hydrogens is 586 g/mol. The number of carbonyl (C=O) groups excluding carboxylic acids is 1. The molecule has 1 aliphatic heterocycles. The monoisotopic (exact) mass is 623 g/mol. The van der Waals surface area contributed by atoms with Crippen LogP contribution in [0, 0.1) is 0 Å². The summed E-state index contributed by atoms with van der Waals surface area (Å²) >= 11 is 0. The molecule has 10 nitrogen and oxygen atoms in total. The predicted molar refractivity (Wildman–Crippen MR) is 170 cm³/mol. The Hall–Kier alpha value is -4.54. The molecule has 1 fully saturated rings. The second kappa shape index (κ2) is 17.8. The van der Waals surface area contributed by atoms with Gasteiger partial charge < -0.3 is 28.4 Å². The Bertz CT molecular complexity index is 1510. The Morgan fingerprint density at radius 3 is 1.76 bits per heavy atom. The number of esters is 1. The van der Waals surface area contributed by atoms with Crippen LogP contribution in [0.2, 0.25) is 0 Å². The lowest BCUT2D eigenvalue weighted by molar-refractivity contribution is -0.317. The lowest BCUT2D eigenvalue weighted by Crippen LogP contribution is -2.62. The lowest BCUT2D eigenvalue weighted by Gasteiger charge is -2.45. The van der Waals surface area contributed by atoms with Crippen LogP contribution in [0.25, 0.3) is 10.4 Å². The third-order valence-electron chi connectivity index (χ3n) is 7.34. The van der Waals surface area contributed by atoms with E-state index in [2.05, 4.69) is 10.0 Å². The van der Waals surface area contributed by atoms with Gasteiger partial charge in [-0.1, -0.05) is 114 Å². The first-order valence-corrected chi connectivity index (χ1v) is 15.2. The van der Waals surface area contributed by atoms with E-state index in [4.69, 9.17) is 34.0 Å². The third-order valence-corrected chi connectivity index (χ3v) is 7.34. The zero-order valence-electron chi connectivity index (χ0n) is 25.4. The van der Waals surface area contributed by atoms with Gasteiger partial charge in [0.25, 0.3) is 0 Å². The van der Waals surface area contributed by atoms with Gasteiger partial charge in [-0.15, -0.1) is 0 Å². The van der Waals surface area contributed by atoms with Crippen molar-refractivity contribution < 1.29 is 33.2 Å². The van der Waals surface area contributed by atoms with Gasteiger partial charge in [0.1, 0.15) is 18.3 Å². The number of hydrogen-bond acceptors (Lipinski definition) is 8. The summed E-state index contributed by atoms with van der Waals surface area (Å²) in [5.74, 6) is -0.563. The number of nitrogens with zero attached hydrogens (tertiary/aromatic N) is 3. The van der Waals surface area contributed by atoms with Gasteiger partial charge in [0.05, 0.1) is 38.6 Å². The van der Waals surface area contributed by atoms with Crippen LogP contribution in [0.1, 0.15) is 27.0 Å². The van der Waals surface area contributed by atoms with Gasteiger partial charge in [0.15, 0.2) is 12.4 Å². The van der Waals surface area contributed by atoms with Crippen LogP contribution in [0.4, 0.5) is 0 Å². The molecule has 1 aliphatic rings. The maximum absolute atomic E-state index is 13.4. The molecule has 0 bridgehead atoms. The third kappa shape index (κ3) is 9.73. The van der Waals surface area contributed by atoms with Crippen molar-refractivity contribution >= 4 is 5.97 Å². The average molecular weight is 624 g/mol. The van der Waals surface area contributed by atoms with E-state index in [0.29, 0.717) is 12.2 Å². The normalized spacial score (nSPS) is 20.8. The highest BCUT2D eigenvalue weighted by molar-refractivity contribution is 5.89. The quantitative estimate of drug-likeness (QED) is 0.0450. The van der Waals surface area contributed by atoms with Crippen molar-refractivity contribution in [3.05, 3.63) is 154 Å². The molecule has 4 aromatic rings. The van der Waals surface area contributed by atoms with E-state index in [0.717, 1.165) is 16.7 Å². The van der Waals surface area contributed by atoms with Crippen LogP contribution >= 0.6 is 0 Å². The Morgan fingerprint density at radius 1 is 0.674 bits per heavy atom. The van der Waals surface area contributed by atoms with Crippen molar-refractivity contribution in [2.75, 3.05) is 19.8 Å². The van der Waals surface area contributed by atoms with E-state index in [-0.39, 0.29) is 33.0 Å². The van der Waals surface area contributed by atoms with Crippen molar-refractivity contribution in [1.29, 1.82) is 0 Å². The molecule has 4 aromatic carbocycles. The Labute approximate surface area is 268 Å². The summed E-state index contributed by atoms with van der Waals surface area (Å²) in [7, 11) is 0. The van der Waals surface area contributed by atoms with Gasteiger partial charge in [-0.25, -0.2) is 4.79 Å². The summed E-state index contributed by atoms with van der Waals surface area (Å²) in [5.41, 5.74) is 12.1. The largest absolute Gasteiger partial charge is 0.450 e. The molecule has 5 atom stereocenters. The molecule has 0 saturated carbocycles. The molecule has 5 rings (SSSR count). The predicted octanol–water partition coefficient (Wildman–Crippen LogP) is 6.65. The van der Waals surface area contributed by atoms with Crippen molar-refractivity contribution in [2.45, 2.75) is 50.5 Å². The fourth-order valence-corrected chi connectivity index (χ4v) is 5.08. The molecule has 0 aromatic heterocycles. The summed E-state index contributed by atoms with van der Waals surface area (Å²) < 4.78 is 37.9. The van der Waals surface area contributed by atoms with Crippen LogP contribution in [0.5, 0.6) is 0 Å². The van der Waals surface area contributed by atoms with E-state index >= 15 is 0 Å². The van der Waals surface area contributed by atoms with Crippen molar-refractivity contribution in [3.63, 3.8) is 0 Å². The second-order valence-corrected chi connectivity index (χ2v) is 10.6. The van der Waals surface area contributed by atoms with E-state index < -0.39 is 36.7 Å². The topological polar surface area (TPSA) is 121 Å². The van der Waals surface area contributed by atoms with E-state index in [1.165, 1.54) is 0 Å². The zero-order chi connectivity index (χ0) is 31.8. The van der Waals surface area contributed by atoms with Crippen LogP contribution in [-0.4, -0.2) is 56.4 Å². The van der Waals surface area contributed by atoms with Gasteiger partial charge >= 0.3 is 5.97 Å². The highest BCUT2D eigenvalue weighted by atomic mass is 16.7. The molecule has 0 unspecified atom stereocenters. The minimum Gasteiger partial charge on any atom is -0.450 e. The molecular formula is C36H37N3O7. The zero-order valence-corrected chi connectivity index (χ0v) is 25.4. The lowest BCUT2D eigenvalue weighted by atomic mass is 9.97. The van der Waals surface area contributed by atoms with Crippen LogP contribution in [-0.2, 0) is 48.2 Å². The van der Waals surface area contributed by atoms with E-state index in [1.54, 1.807) is 24.3 Å². The molecule has 10 heteroatoms. The average Bonchev–Trinajstić information content (AvgIpc) is 3.11. The number of hydrogen-bond donors (Lipinski definition) is 0. The molecule has 0 amide bonds. The Morgan fingerprint density at radius 2 is 1.20 bits per heavy atom. The minimum atomic E-state index is -1.07. The Balaban J connectivity index is 1.45. The molecule has 238 valence electrons. The molecule has 0 radical (unpaired) electrons. The highest BCUT2D eigenvalue weighted by Crippen LogP contribution is 2.31. The summed E-state index contributed by atoms with van der Waals surface area (Å²) in [6.45, 7) is 1.09. The van der Waals surface area contributed by atoms with Gasteiger partial charge in [-0.2, -0.15) is 0 Å². The smallest absolute Gasteiger partial charge is 0.338 e. The Kier molecular flexibility index (Phi) is 12.7. The summed E-state index contributed by atoms with van der Waals surface area (Å²) in [6, 6.07) is 38.0. The van der Waals surface area contributed by atoms with Gasteiger partial charge in [-0.05, 0) is 34.4 Å². The molecule has 1 heterocycles. The number of carbonyl (C=O) groups is 1. The van der Waals surface area contributed by atoms with Crippen LogP contribution in [0.3, 0.4) is 0 Å². The van der Waals surface area contributed by atoms with Crippen LogP contribution < -0.4 is 0 Å². The molecule has 1 saturated heterocycles. The SMILES string of the molecule is [N-]=[N+]=NCCO[C@@H]1O[C@H](COCc2ccccc2)[C@H](OCc2ccccc2)[C@H](OCc2ccccc2)[C@H]1OC(=O)c1ccccc1. The first kappa shape index (κ1) is 32.8. The molecule has 0 aliphatic carbocycles. The molecule has 0 spiro atoms. The van der Waals surface area contributed by atoms with Crippen molar-refractivity contribution in [1.82, 2.24) is 0 Å². The fourth-order valence-electron chi connectivity index (χ4n) is 5.08. The summed E-state index contributed by atoms with van der Waals surface area (Å²) in [6.07, 6.45) is -4.30. The van der Waals surface area contributed by atoms with E-state index in [9.17, 15) is 4.79 Å². The van der Waals surface area contributed by atoms with Gasteiger partial charge in [0, 0.05) is 11.5 Å². The first-order chi connectivity index (χ1) is 22.7. The molecule has 46 heavy (non-hydrogen) atoms. The fraction of sp³-hybridized carbons (Fsp3) is 0.306. The number of azide groups is 1. The highest BCUT2D eigenvalue weighted by Gasteiger charge is 2.50. The standard InChI is InChI=1S/C36H37N3O7/c37-39-38-21-22-42-36-34(46-35(40)30-19-11-4-12-20-30)33(44-25-29-17-9-3-10-18-29)32(43-24-28-15-7-2-8-16-28)31(45-36)26-41-23-27-13-5-1-6-14-27/h1-20,31-34,36H,21-26H2/t31-,32+,33+,34-,36-/m1/s1. The van der Waals surface area contributed by atoms with Crippen molar-refractivity contribution in [2.24, 2.45) is 5.11 Å². The maximum atomic E-state index is 13.4. The van der Waals surface area contributed by atoms with Gasteiger partial charge in [0.2, 0.25) is 0 Å². The molecule has 0 N–H and O–H groups in total. The van der Waals surface area contributed by atoms with Gasteiger partial charge in [-0.3, -0.25) is 0 Å². The summed E-state index contributed by atoms with van der Waals surface area (Å²) in [4.78, 5) is 16.2. The maximum Gasteiger partial charge on any atom is 0.338 e. The number of ether oxygens (including phenoxy) is 6. The van der Waals surface area contributed by atoms with Crippen LogP contribution in [0.15, 0.2) is 126 Å². The number of benzene rings is 4. The summed E-state index contributed by atoms with van der Waals surface area (Å²) in [5, 5.41) is 3.58. The first-order valence-electron chi connectivity index (χ1n) is 15.2.